The fourth-order valence-corrected chi connectivity index (χ4v) is 5.63. The monoisotopic (exact) mass is 436 g/mol. The van der Waals surface area contributed by atoms with Gasteiger partial charge in [-0.25, -0.2) is 4.79 Å². The van der Waals surface area contributed by atoms with Crippen LogP contribution in [0.15, 0.2) is 48.0 Å². The van der Waals surface area contributed by atoms with Crippen LogP contribution < -0.4 is 10.6 Å². The number of fused-ring (bicyclic) bond motifs is 1. The first-order chi connectivity index (χ1) is 15.1. The lowest BCUT2D eigenvalue weighted by molar-refractivity contribution is -0.134. The molecule has 3 aromatic rings. The first kappa shape index (κ1) is 19.8. The molecule has 2 fully saturated rings. The van der Waals surface area contributed by atoms with E-state index < -0.39 is 11.6 Å². The molecule has 1 aromatic carbocycles. The molecule has 1 atom stereocenters. The number of carbonyl (C=O) groups is 3. The molecule has 0 bridgehead atoms. The molecule has 8 heteroatoms. The quantitative estimate of drug-likeness (QED) is 0.517. The van der Waals surface area contributed by atoms with Gasteiger partial charge in [0.2, 0.25) is 5.91 Å². The zero-order valence-corrected chi connectivity index (χ0v) is 17.8. The summed E-state index contributed by atoms with van der Waals surface area (Å²) in [5, 5.41) is 8.91. The summed E-state index contributed by atoms with van der Waals surface area (Å²) in [6.07, 6.45) is 5.12. The summed E-state index contributed by atoms with van der Waals surface area (Å²) in [4.78, 5) is 43.4. The maximum atomic E-state index is 12.8. The van der Waals surface area contributed by atoms with Crippen molar-refractivity contribution in [2.75, 3.05) is 13.1 Å². The molecule has 31 heavy (non-hydrogen) atoms. The molecule has 7 nitrogen and oxygen atoms in total. The van der Waals surface area contributed by atoms with Gasteiger partial charge in [-0.3, -0.25) is 14.5 Å². The van der Waals surface area contributed by atoms with Gasteiger partial charge < -0.3 is 15.6 Å². The van der Waals surface area contributed by atoms with Gasteiger partial charge in [-0.2, -0.15) is 0 Å². The van der Waals surface area contributed by atoms with Gasteiger partial charge in [0.15, 0.2) is 0 Å². The first-order valence-corrected chi connectivity index (χ1v) is 11.5. The average Bonchev–Trinajstić information content (AvgIpc) is 3.55. The van der Waals surface area contributed by atoms with Crippen molar-refractivity contribution in [1.82, 2.24) is 20.5 Å². The number of nitrogens with zero attached hydrogens (tertiary/aromatic N) is 1. The zero-order chi connectivity index (χ0) is 21.4. The van der Waals surface area contributed by atoms with E-state index in [2.05, 4.69) is 27.8 Å². The molecule has 1 spiro atoms. The number of benzene rings is 1. The van der Waals surface area contributed by atoms with Crippen LogP contribution in [0.3, 0.4) is 0 Å². The maximum absolute atomic E-state index is 12.8. The Morgan fingerprint density at radius 1 is 1.16 bits per heavy atom. The minimum atomic E-state index is -0.791. The number of rotatable bonds is 6. The SMILES string of the molecule is O=C(CN1C(=O)NC2(CCCC2)C1=O)NC[C@@H](c1cccs1)c1c[nH]c2ccccc12. The molecule has 3 N–H and O–H groups in total. The van der Waals surface area contributed by atoms with Gasteiger partial charge in [0.1, 0.15) is 12.1 Å². The number of H-pyrrole nitrogens is 1. The van der Waals surface area contributed by atoms with Crippen molar-refractivity contribution in [1.29, 1.82) is 0 Å². The van der Waals surface area contributed by atoms with Gasteiger partial charge in [-0.1, -0.05) is 37.1 Å². The Balaban J connectivity index is 1.30. The Bertz CT molecular complexity index is 1130. The highest BCUT2D eigenvalue weighted by molar-refractivity contribution is 7.10. The lowest BCUT2D eigenvalue weighted by Crippen LogP contribution is -2.45. The minimum absolute atomic E-state index is 0.0237. The van der Waals surface area contributed by atoms with E-state index in [4.69, 9.17) is 0 Å². The highest BCUT2D eigenvalue weighted by Gasteiger charge is 2.52. The molecule has 3 heterocycles. The fourth-order valence-electron chi connectivity index (χ4n) is 4.79. The summed E-state index contributed by atoms with van der Waals surface area (Å²) in [5.74, 6) is -0.624. The standard InChI is InChI=1S/C23H24N4O3S/c28-20(14-27-21(29)23(26-22(27)30)9-3-4-10-23)25-13-17(19-8-5-11-31-19)16-12-24-18-7-2-1-6-15(16)18/h1-2,5-8,11-12,17,24H,3-4,9-10,13-14H2,(H,25,28)(H,26,30)/t17-/m1/s1. The van der Waals surface area contributed by atoms with Gasteiger partial charge in [-0.05, 0) is 35.9 Å². The number of aromatic amines is 1. The van der Waals surface area contributed by atoms with Gasteiger partial charge in [0.25, 0.3) is 5.91 Å². The third-order valence-corrected chi connectivity index (χ3v) is 7.38. The van der Waals surface area contributed by atoms with Crippen LogP contribution in [0.5, 0.6) is 0 Å². The smallest absolute Gasteiger partial charge is 0.325 e. The summed E-state index contributed by atoms with van der Waals surface area (Å²) in [7, 11) is 0. The number of thiophene rings is 1. The number of aromatic nitrogens is 1. The number of hydrogen-bond acceptors (Lipinski definition) is 4. The van der Waals surface area contributed by atoms with Crippen LogP contribution in [0, 0.1) is 0 Å². The van der Waals surface area contributed by atoms with E-state index >= 15 is 0 Å². The molecular formula is C23H24N4O3S. The van der Waals surface area contributed by atoms with Crippen LogP contribution in [0.4, 0.5) is 4.79 Å². The molecule has 2 aliphatic rings. The Morgan fingerprint density at radius 2 is 1.97 bits per heavy atom. The van der Waals surface area contributed by atoms with Crippen molar-refractivity contribution >= 4 is 40.1 Å². The van der Waals surface area contributed by atoms with Crippen LogP contribution in [-0.4, -0.2) is 46.4 Å². The molecule has 2 aromatic heterocycles. The number of para-hydroxylation sites is 1. The highest BCUT2D eigenvalue weighted by Crippen LogP contribution is 2.35. The zero-order valence-electron chi connectivity index (χ0n) is 17.0. The summed E-state index contributed by atoms with van der Waals surface area (Å²) in [6.45, 7) is 0.132. The topological polar surface area (TPSA) is 94.3 Å². The van der Waals surface area contributed by atoms with Crippen LogP contribution in [-0.2, 0) is 9.59 Å². The van der Waals surface area contributed by atoms with Gasteiger partial charge in [0, 0.05) is 34.4 Å². The van der Waals surface area contributed by atoms with Crippen LogP contribution in [0.1, 0.15) is 42.0 Å². The molecule has 4 amide bonds. The van der Waals surface area contributed by atoms with E-state index in [0.717, 1.165) is 39.1 Å². The number of nitrogens with one attached hydrogen (secondary N) is 3. The van der Waals surface area contributed by atoms with Crippen LogP contribution in [0.2, 0.25) is 0 Å². The van der Waals surface area contributed by atoms with Crippen molar-refractivity contribution in [2.24, 2.45) is 0 Å². The molecule has 1 saturated heterocycles. The van der Waals surface area contributed by atoms with Crippen molar-refractivity contribution in [3.8, 4) is 0 Å². The maximum Gasteiger partial charge on any atom is 0.325 e. The molecule has 1 aliphatic heterocycles. The lowest BCUT2D eigenvalue weighted by Gasteiger charge is -2.20. The van der Waals surface area contributed by atoms with E-state index in [9.17, 15) is 14.4 Å². The summed E-state index contributed by atoms with van der Waals surface area (Å²) >= 11 is 1.64. The Morgan fingerprint density at radius 3 is 2.74 bits per heavy atom. The second kappa shape index (κ2) is 7.85. The molecule has 0 radical (unpaired) electrons. The molecular weight excluding hydrogens is 412 g/mol. The Labute approximate surface area is 183 Å². The summed E-state index contributed by atoms with van der Waals surface area (Å²) in [6, 6.07) is 11.7. The van der Waals surface area contributed by atoms with E-state index in [0.29, 0.717) is 19.4 Å². The number of urea groups is 1. The van der Waals surface area contributed by atoms with Gasteiger partial charge >= 0.3 is 6.03 Å². The number of hydrogen-bond donors (Lipinski definition) is 3. The van der Waals surface area contributed by atoms with Crippen molar-refractivity contribution in [3.63, 3.8) is 0 Å². The molecule has 160 valence electrons. The molecule has 1 saturated carbocycles. The molecule has 1 aliphatic carbocycles. The van der Waals surface area contributed by atoms with Crippen LogP contribution >= 0.6 is 11.3 Å². The number of amides is 4. The highest BCUT2D eigenvalue weighted by atomic mass is 32.1. The molecule has 0 unspecified atom stereocenters. The average molecular weight is 437 g/mol. The predicted molar refractivity (Wildman–Crippen MR) is 119 cm³/mol. The Kier molecular flexibility index (Phi) is 5.02. The van der Waals surface area contributed by atoms with E-state index in [1.807, 2.05) is 35.8 Å². The normalized spacial score (nSPS) is 18.6. The predicted octanol–water partition coefficient (Wildman–Crippen LogP) is 3.34. The summed E-state index contributed by atoms with van der Waals surface area (Å²) < 4.78 is 0. The van der Waals surface area contributed by atoms with Crippen molar-refractivity contribution < 1.29 is 14.4 Å². The third kappa shape index (κ3) is 3.50. The first-order valence-electron chi connectivity index (χ1n) is 10.6. The van der Waals surface area contributed by atoms with Crippen LogP contribution in [0.25, 0.3) is 10.9 Å². The minimum Gasteiger partial charge on any atom is -0.361 e. The fraction of sp³-hybridized carbons (Fsp3) is 0.348. The van der Waals surface area contributed by atoms with E-state index in [-0.39, 0.29) is 24.3 Å². The van der Waals surface area contributed by atoms with Gasteiger partial charge in [0.05, 0.1) is 0 Å². The number of carbonyl (C=O) groups excluding carboxylic acids is 3. The molecule has 5 rings (SSSR count). The Hall–Kier alpha value is -3.13. The van der Waals surface area contributed by atoms with E-state index in [1.165, 1.54) is 0 Å². The third-order valence-electron chi connectivity index (χ3n) is 6.39. The van der Waals surface area contributed by atoms with E-state index in [1.54, 1.807) is 11.3 Å². The number of imide groups is 1. The lowest BCUT2D eigenvalue weighted by atomic mass is 9.96. The van der Waals surface area contributed by atoms with Crippen molar-refractivity contribution in [3.05, 3.63) is 58.4 Å². The second-order valence-electron chi connectivity index (χ2n) is 8.27. The van der Waals surface area contributed by atoms with Gasteiger partial charge in [-0.15, -0.1) is 11.3 Å². The van der Waals surface area contributed by atoms with Crippen molar-refractivity contribution in [2.45, 2.75) is 37.1 Å². The second-order valence-corrected chi connectivity index (χ2v) is 9.25. The summed E-state index contributed by atoms with van der Waals surface area (Å²) in [5.41, 5.74) is 1.37. The largest absolute Gasteiger partial charge is 0.361 e.